The molecule has 0 unspecified atom stereocenters. The van der Waals surface area contributed by atoms with Crippen molar-refractivity contribution in [1.29, 1.82) is 0 Å². The van der Waals surface area contributed by atoms with Crippen molar-refractivity contribution in [2.45, 2.75) is 13.8 Å². The summed E-state index contributed by atoms with van der Waals surface area (Å²) in [5.74, 6) is -1.73. The molecule has 0 aromatic heterocycles. The molecule has 0 bridgehead atoms. The fraction of sp³-hybridized carbons (Fsp3) is 0.500. The van der Waals surface area contributed by atoms with Crippen molar-refractivity contribution >= 4 is 5.97 Å². The summed E-state index contributed by atoms with van der Waals surface area (Å²) in [5, 5.41) is 0. The second-order valence-electron chi connectivity index (χ2n) is 1.36. The van der Waals surface area contributed by atoms with Gasteiger partial charge in [-0.1, -0.05) is 0 Å². The molecule has 0 spiro atoms. The van der Waals surface area contributed by atoms with Crippen LogP contribution < -0.4 is 0 Å². The van der Waals surface area contributed by atoms with Gasteiger partial charge in [-0.25, -0.2) is 4.79 Å². The topological polar surface area (TPSA) is 26.3 Å². The Kier molecular flexibility index (Phi) is 3.67. The van der Waals surface area contributed by atoms with E-state index in [9.17, 15) is 9.18 Å². The molecule has 0 aliphatic heterocycles. The Balaban J connectivity index is 3.74. The van der Waals surface area contributed by atoms with Crippen LogP contribution >= 0.6 is 0 Å². The molecule has 0 rings (SSSR count). The van der Waals surface area contributed by atoms with E-state index in [1.165, 1.54) is 6.92 Å². The number of carbonyl (C=O) groups is 1. The molecule has 0 heterocycles. The van der Waals surface area contributed by atoms with Crippen LogP contribution in [0.15, 0.2) is 11.9 Å². The summed E-state index contributed by atoms with van der Waals surface area (Å²) in [6, 6.07) is 0. The molecule has 0 aromatic rings. The molecule has 0 amide bonds. The Hall–Kier alpha value is -0.860. The number of allylic oxidation sites excluding steroid dienone is 1. The average molecular weight is 132 g/mol. The first-order chi connectivity index (χ1) is 4.22. The van der Waals surface area contributed by atoms with Gasteiger partial charge in [-0.15, -0.1) is 0 Å². The summed E-state index contributed by atoms with van der Waals surface area (Å²) >= 11 is 0. The third-order valence-corrected chi connectivity index (χ3v) is 0.724. The Morgan fingerprint density at radius 2 is 2.33 bits per heavy atom. The molecule has 9 heavy (non-hydrogen) atoms. The first kappa shape index (κ1) is 8.14. The van der Waals surface area contributed by atoms with Crippen LogP contribution in [0.4, 0.5) is 4.39 Å². The van der Waals surface area contributed by atoms with Crippen LogP contribution in [-0.4, -0.2) is 12.6 Å². The van der Waals surface area contributed by atoms with Crippen molar-refractivity contribution < 1.29 is 13.9 Å². The number of ether oxygens (including phenoxy) is 1. The maximum Gasteiger partial charge on any atom is 0.366 e. The van der Waals surface area contributed by atoms with E-state index in [2.05, 4.69) is 4.74 Å². The second-order valence-corrected chi connectivity index (χ2v) is 1.36. The van der Waals surface area contributed by atoms with Gasteiger partial charge in [0.2, 0.25) is 5.83 Å². The maximum absolute atomic E-state index is 12.1. The van der Waals surface area contributed by atoms with Gasteiger partial charge in [-0.05, 0) is 19.9 Å². The van der Waals surface area contributed by atoms with Crippen LogP contribution in [0.2, 0.25) is 0 Å². The van der Waals surface area contributed by atoms with E-state index in [-0.39, 0.29) is 6.61 Å². The van der Waals surface area contributed by atoms with Gasteiger partial charge in [0.05, 0.1) is 6.61 Å². The minimum atomic E-state index is -0.889. The normalized spacial score (nSPS) is 11.2. The molecule has 0 aromatic carbocycles. The molecule has 52 valence electrons. The largest absolute Gasteiger partial charge is 0.461 e. The highest BCUT2D eigenvalue weighted by atomic mass is 19.1. The van der Waals surface area contributed by atoms with Crippen LogP contribution in [0.3, 0.4) is 0 Å². The Bertz CT molecular complexity index is 129. The van der Waals surface area contributed by atoms with Gasteiger partial charge < -0.3 is 4.74 Å². The maximum atomic E-state index is 12.1. The number of esters is 1. The van der Waals surface area contributed by atoms with Crippen molar-refractivity contribution in [3.8, 4) is 0 Å². The Morgan fingerprint density at radius 3 is 2.67 bits per heavy atom. The summed E-state index contributed by atoms with van der Waals surface area (Å²) < 4.78 is 16.4. The Labute approximate surface area is 53.3 Å². The summed E-state index contributed by atoms with van der Waals surface area (Å²) in [5.41, 5.74) is 0. The van der Waals surface area contributed by atoms with E-state index in [0.717, 1.165) is 6.08 Å². The van der Waals surface area contributed by atoms with Crippen molar-refractivity contribution in [2.24, 2.45) is 0 Å². The van der Waals surface area contributed by atoms with E-state index in [4.69, 9.17) is 0 Å². The van der Waals surface area contributed by atoms with Crippen LogP contribution in [0.1, 0.15) is 13.8 Å². The predicted molar refractivity (Wildman–Crippen MR) is 31.5 cm³/mol. The standard InChI is InChI=1S/C6H9FO2/c1-3-5(7)6(8)9-4-2/h3H,4H2,1-2H3/b5-3+. The van der Waals surface area contributed by atoms with Gasteiger partial charge in [0, 0.05) is 0 Å². The predicted octanol–water partition coefficient (Wildman–Crippen LogP) is 1.42. The number of rotatable bonds is 2. The number of halogens is 1. The SMILES string of the molecule is C/C=C(/F)C(=O)OCC. The molecule has 0 fully saturated rings. The van der Waals surface area contributed by atoms with Crippen molar-refractivity contribution in [3.63, 3.8) is 0 Å². The van der Waals surface area contributed by atoms with Gasteiger partial charge in [0.1, 0.15) is 0 Å². The molecule has 0 radical (unpaired) electrons. The van der Waals surface area contributed by atoms with Gasteiger partial charge in [-0.3, -0.25) is 0 Å². The summed E-state index contributed by atoms with van der Waals surface area (Å²) in [7, 11) is 0. The lowest BCUT2D eigenvalue weighted by atomic mass is 10.5. The summed E-state index contributed by atoms with van der Waals surface area (Å²) in [4.78, 5) is 10.3. The zero-order chi connectivity index (χ0) is 7.28. The highest BCUT2D eigenvalue weighted by molar-refractivity contribution is 5.85. The smallest absolute Gasteiger partial charge is 0.366 e. The fourth-order valence-corrected chi connectivity index (χ4v) is 0.318. The van der Waals surface area contributed by atoms with Gasteiger partial charge in [-0.2, -0.15) is 4.39 Å². The second kappa shape index (κ2) is 4.06. The number of carbonyl (C=O) groups excluding carboxylic acids is 1. The highest BCUT2D eigenvalue weighted by Gasteiger charge is 2.05. The van der Waals surface area contributed by atoms with Gasteiger partial charge in [0.15, 0.2) is 0 Å². The molecule has 2 nitrogen and oxygen atoms in total. The first-order valence-electron chi connectivity index (χ1n) is 2.71. The van der Waals surface area contributed by atoms with Crippen LogP contribution in [0, 0.1) is 0 Å². The van der Waals surface area contributed by atoms with Gasteiger partial charge in [0.25, 0.3) is 0 Å². The lowest BCUT2D eigenvalue weighted by molar-refractivity contribution is -0.140. The Morgan fingerprint density at radius 1 is 1.78 bits per heavy atom. The zero-order valence-electron chi connectivity index (χ0n) is 5.48. The van der Waals surface area contributed by atoms with E-state index in [0.29, 0.717) is 0 Å². The molecule has 3 heteroatoms. The van der Waals surface area contributed by atoms with Crippen LogP contribution in [0.25, 0.3) is 0 Å². The van der Waals surface area contributed by atoms with Crippen molar-refractivity contribution in [3.05, 3.63) is 11.9 Å². The van der Waals surface area contributed by atoms with Crippen molar-refractivity contribution in [1.82, 2.24) is 0 Å². The van der Waals surface area contributed by atoms with E-state index < -0.39 is 11.8 Å². The minimum absolute atomic E-state index is 0.208. The lowest BCUT2D eigenvalue weighted by Gasteiger charge is -1.95. The summed E-state index contributed by atoms with van der Waals surface area (Å²) in [6.07, 6.45) is 1.07. The summed E-state index contributed by atoms with van der Waals surface area (Å²) in [6.45, 7) is 3.27. The fourth-order valence-electron chi connectivity index (χ4n) is 0.318. The highest BCUT2D eigenvalue weighted by Crippen LogP contribution is 1.97. The van der Waals surface area contributed by atoms with E-state index in [1.807, 2.05) is 0 Å². The molecule has 0 saturated carbocycles. The minimum Gasteiger partial charge on any atom is -0.461 e. The van der Waals surface area contributed by atoms with Gasteiger partial charge >= 0.3 is 5.97 Å². The van der Waals surface area contributed by atoms with Crippen LogP contribution in [0.5, 0.6) is 0 Å². The molecule has 0 saturated heterocycles. The molecular formula is C6H9FO2. The third-order valence-electron chi connectivity index (χ3n) is 0.724. The van der Waals surface area contributed by atoms with E-state index in [1.54, 1.807) is 6.92 Å². The zero-order valence-corrected chi connectivity index (χ0v) is 5.48. The molecule has 0 aliphatic carbocycles. The molecular weight excluding hydrogens is 123 g/mol. The molecule has 0 aliphatic rings. The van der Waals surface area contributed by atoms with Crippen LogP contribution in [-0.2, 0) is 9.53 Å². The first-order valence-corrected chi connectivity index (χ1v) is 2.71. The number of hydrogen-bond donors (Lipinski definition) is 0. The quantitative estimate of drug-likeness (QED) is 0.419. The lowest BCUT2D eigenvalue weighted by Crippen LogP contribution is -2.03. The van der Waals surface area contributed by atoms with Crippen molar-refractivity contribution in [2.75, 3.05) is 6.61 Å². The van der Waals surface area contributed by atoms with E-state index >= 15 is 0 Å². The molecule has 0 N–H and O–H groups in total. The average Bonchev–Trinajstić information content (AvgIpc) is 1.87. The number of hydrogen-bond acceptors (Lipinski definition) is 2. The third kappa shape index (κ3) is 2.85. The molecule has 0 atom stereocenters. The monoisotopic (exact) mass is 132 g/mol.